The second kappa shape index (κ2) is 6.24. The maximum atomic E-state index is 10.4. The van der Waals surface area contributed by atoms with Crippen LogP contribution >= 0.6 is 8.60 Å². The van der Waals surface area contributed by atoms with Crippen LogP contribution in [0.3, 0.4) is 0 Å². The van der Waals surface area contributed by atoms with Gasteiger partial charge in [-0.1, -0.05) is 6.08 Å². The lowest BCUT2D eigenvalue weighted by Gasteiger charge is -1.98. The Labute approximate surface area is 64.9 Å². The van der Waals surface area contributed by atoms with Gasteiger partial charge in [0, 0.05) is 12.7 Å². The Morgan fingerprint density at radius 2 is 2.18 bits per heavy atom. The minimum Gasteiger partial charge on any atom is -0.396 e. The summed E-state index contributed by atoms with van der Waals surface area (Å²) in [5.41, 5.74) is 0. The van der Waals surface area contributed by atoms with Crippen molar-refractivity contribution in [3.8, 4) is 0 Å². The topological polar surface area (TPSA) is 87.0 Å². The van der Waals surface area contributed by atoms with Crippen LogP contribution < -0.4 is 0 Å². The monoisotopic (exact) mass is 180 g/mol. The number of hydrogen-bond donors (Lipinski definition) is 3. The standard InChI is InChI=1S/C5H9O5P/c6-4-2-1-3-5(7)10-11(8)9/h1,3,6,8-9H,2,4H2. The number of hydrogen-bond acceptors (Lipinski definition) is 5. The van der Waals surface area contributed by atoms with E-state index in [0.29, 0.717) is 6.42 Å². The molecular formula is C5H9O5P. The normalized spacial score (nSPS) is 10.9. The number of rotatable bonds is 4. The molecular weight excluding hydrogens is 171 g/mol. The Bertz CT molecular complexity index is 144. The zero-order valence-electron chi connectivity index (χ0n) is 5.67. The molecule has 0 saturated carbocycles. The number of aliphatic hydroxyl groups is 1. The molecule has 0 aliphatic rings. The molecule has 64 valence electrons. The summed E-state index contributed by atoms with van der Waals surface area (Å²) in [5.74, 6) is -0.824. The Morgan fingerprint density at radius 3 is 2.64 bits per heavy atom. The van der Waals surface area contributed by atoms with Crippen LogP contribution in [0.25, 0.3) is 0 Å². The molecule has 0 amide bonds. The lowest BCUT2D eigenvalue weighted by Crippen LogP contribution is -1.94. The molecule has 0 aromatic heterocycles. The fraction of sp³-hybridized carbons (Fsp3) is 0.400. The molecule has 0 fully saturated rings. The van der Waals surface area contributed by atoms with Crippen LogP contribution in [-0.2, 0) is 9.32 Å². The van der Waals surface area contributed by atoms with Gasteiger partial charge >= 0.3 is 14.6 Å². The lowest BCUT2D eigenvalue weighted by atomic mass is 10.4. The van der Waals surface area contributed by atoms with Crippen LogP contribution in [0.5, 0.6) is 0 Å². The molecule has 0 bridgehead atoms. The summed E-state index contributed by atoms with van der Waals surface area (Å²) in [7, 11) is -2.62. The highest BCUT2D eigenvalue weighted by Gasteiger charge is 2.04. The summed E-state index contributed by atoms with van der Waals surface area (Å²) in [6, 6.07) is 0. The summed E-state index contributed by atoms with van der Waals surface area (Å²) in [6.07, 6.45) is 2.74. The molecule has 0 aliphatic carbocycles. The Kier molecular flexibility index (Phi) is 5.97. The maximum absolute atomic E-state index is 10.4. The summed E-state index contributed by atoms with van der Waals surface area (Å²) in [4.78, 5) is 26.8. The summed E-state index contributed by atoms with van der Waals surface area (Å²) >= 11 is 0. The van der Waals surface area contributed by atoms with E-state index in [9.17, 15) is 4.79 Å². The van der Waals surface area contributed by atoms with E-state index in [1.165, 1.54) is 6.08 Å². The third-order valence-electron chi connectivity index (χ3n) is 0.721. The van der Waals surface area contributed by atoms with Gasteiger partial charge in [-0.05, 0) is 6.42 Å². The van der Waals surface area contributed by atoms with Crippen LogP contribution in [0.15, 0.2) is 12.2 Å². The second-order valence-electron chi connectivity index (χ2n) is 1.58. The number of carbonyl (C=O) groups excluding carboxylic acids is 1. The molecule has 3 N–H and O–H groups in total. The predicted octanol–water partition coefficient (Wildman–Crippen LogP) is -0.320. The minimum atomic E-state index is -2.62. The van der Waals surface area contributed by atoms with Gasteiger partial charge in [0.25, 0.3) is 0 Å². The van der Waals surface area contributed by atoms with Gasteiger partial charge in [-0.3, -0.25) is 0 Å². The van der Waals surface area contributed by atoms with Gasteiger partial charge in [-0.15, -0.1) is 0 Å². The largest absolute Gasteiger partial charge is 0.396 e. The highest BCUT2D eigenvalue weighted by molar-refractivity contribution is 7.40. The minimum absolute atomic E-state index is 0.0587. The first-order valence-electron chi connectivity index (χ1n) is 2.84. The summed E-state index contributed by atoms with van der Waals surface area (Å²) < 4.78 is 3.97. The Balaban J connectivity index is 3.51. The summed E-state index contributed by atoms with van der Waals surface area (Å²) in [6.45, 7) is -0.0587. The van der Waals surface area contributed by atoms with Crippen molar-refractivity contribution in [2.24, 2.45) is 0 Å². The first kappa shape index (κ1) is 10.5. The molecule has 0 aliphatic heterocycles. The van der Waals surface area contributed by atoms with Crippen molar-refractivity contribution in [1.82, 2.24) is 0 Å². The highest BCUT2D eigenvalue weighted by atomic mass is 31.2. The smallest absolute Gasteiger partial charge is 0.394 e. The van der Waals surface area contributed by atoms with Crippen molar-refractivity contribution >= 4 is 14.6 Å². The average Bonchev–Trinajstić information content (AvgIpc) is 1.86. The van der Waals surface area contributed by atoms with Crippen molar-refractivity contribution in [2.75, 3.05) is 6.61 Å². The highest BCUT2D eigenvalue weighted by Crippen LogP contribution is 2.24. The first-order valence-corrected chi connectivity index (χ1v) is 4.00. The van der Waals surface area contributed by atoms with Gasteiger partial charge in [-0.25, -0.2) is 4.79 Å². The van der Waals surface area contributed by atoms with Crippen LogP contribution in [0.4, 0.5) is 0 Å². The Morgan fingerprint density at radius 1 is 1.55 bits per heavy atom. The van der Waals surface area contributed by atoms with Gasteiger partial charge in [0.1, 0.15) is 0 Å². The van der Waals surface area contributed by atoms with E-state index in [-0.39, 0.29) is 6.61 Å². The van der Waals surface area contributed by atoms with E-state index in [0.717, 1.165) is 6.08 Å². The molecule has 0 unspecified atom stereocenters. The van der Waals surface area contributed by atoms with Crippen molar-refractivity contribution in [3.05, 3.63) is 12.2 Å². The van der Waals surface area contributed by atoms with Crippen molar-refractivity contribution in [2.45, 2.75) is 6.42 Å². The predicted molar refractivity (Wildman–Crippen MR) is 38.3 cm³/mol. The third-order valence-corrected chi connectivity index (χ3v) is 1.06. The molecule has 0 heterocycles. The van der Waals surface area contributed by atoms with E-state index in [1.54, 1.807) is 0 Å². The van der Waals surface area contributed by atoms with Gasteiger partial charge < -0.3 is 19.4 Å². The molecule has 0 radical (unpaired) electrons. The molecule has 0 aromatic rings. The molecule has 5 nitrogen and oxygen atoms in total. The second-order valence-corrected chi connectivity index (χ2v) is 2.27. The molecule has 0 aromatic carbocycles. The first-order chi connectivity index (χ1) is 5.16. The quantitative estimate of drug-likeness (QED) is 0.407. The zero-order valence-corrected chi connectivity index (χ0v) is 6.57. The van der Waals surface area contributed by atoms with Gasteiger partial charge in [0.15, 0.2) is 0 Å². The van der Waals surface area contributed by atoms with E-state index in [4.69, 9.17) is 14.9 Å². The fourth-order valence-electron chi connectivity index (χ4n) is 0.365. The lowest BCUT2D eigenvalue weighted by molar-refractivity contribution is -0.129. The Hall–Kier alpha value is -0.480. The van der Waals surface area contributed by atoms with Gasteiger partial charge in [0.05, 0.1) is 0 Å². The fourth-order valence-corrected chi connectivity index (χ4v) is 0.587. The van der Waals surface area contributed by atoms with E-state index >= 15 is 0 Å². The molecule has 0 saturated heterocycles. The van der Waals surface area contributed by atoms with Crippen LogP contribution in [0.1, 0.15) is 6.42 Å². The van der Waals surface area contributed by atoms with Crippen LogP contribution in [0.2, 0.25) is 0 Å². The van der Waals surface area contributed by atoms with Crippen molar-refractivity contribution in [1.29, 1.82) is 0 Å². The SMILES string of the molecule is O=C(C=CCCO)OP(O)O. The van der Waals surface area contributed by atoms with Gasteiger partial charge in [-0.2, -0.15) is 0 Å². The molecule has 6 heteroatoms. The molecule has 0 spiro atoms. The van der Waals surface area contributed by atoms with Gasteiger partial charge in [0.2, 0.25) is 0 Å². The van der Waals surface area contributed by atoms with Crippen molar-refractivity contribution < 1.29 is 24.2 Å². The van der Waals surface area contributed by atoms with Crippen LogP contribution in [0, 0.1) is 0 Å². The van der Waals surface area contributed by atoms with Crippen LogP contribution in [-0.4, -0.2) is 27.5 Å². The summed E-state index contributed by atoms with van der Waals surface area (Å²) in [5, 5.41) is 8.26. The molecule has 11 heavy (non-hydrogen) atoms. The van der Waals surface area contributed by atoms with E-state index < -0.39 is 14.6 Å². The van der Waals surface area contributed by atoms with Crippen molar-refractivity contribution in [3.63, 3.8) is 0 Å². The van der Waals surface area contributed by atoms with E-state index in [1.807, 2.05) is 0 Å². The number of carbonyl (C=O) groups is 1. The zero-order chi connectivity index (χ0) is 8.69. The number of aliphatic hydroxyl groups excluding tert-OH is 1. The molecule has 0 atom stereocenters. The maximum Gasteiger partial charge on any atom is 0.394 e. The van der Waals surface area contributed by atoms with E-state index in [2.05, 4.69) is 4.52 Å². The third kappa shape index (κ3) is 7.42. The average molecular weight is 180 g/mol. The molecule has 0 rings (SSSR count).